The van der Waals surface area contributed by atoms with Crippen LogP contribution in [0.1, 0.15) is 0 Å². The van der Waals surface area contributed by atoms with Crippen molar-refractivity contribution in [3.05, 3.63) is 0 Å². The molecule has 10 heteroatoms. The Balaban J connectivity index is 0. The number of carbonyl (C=O) groups is 1. The van der Waals surface area contributed by atoms with Gasteiger partial charge >= 0.3 is 53.5 Å². The van der Waals surface area contributed by atoms with E-state index in [0.29, 0.717) is 0 Å². The first-order valence-corrected chi connectivity index (χ1v) is 2.50. The van der Waals surface area contributed by atoms with Crippen LogP contribution in [0.4, 0.5) is 30.7 Å². The third-order valence-electron chi connectivity index (χ3n) is 1.02. The summed E-state index contributed by atoms with van der Waals surface area (Å²) in [6.45, 7) is 0. The van der Waals surface area contributed by atoms with Crippen molar-refractivity contribution in [3.8, 4) is 0 Å². The van der Waals surface area contributed by atoms with Gasteiger partial charge in [0.15, 0.2) is 0 Å². The zero-order chi connectivity index (χ0) is 11.1. The average molecular weight is 238 g/mol. The molecule has 0 radical (unpaired) electrons. The number of rotatable bonds is 2. The van der Waals surface area contributed by atoms with Crippen LogP contribution < -0.4 is 0 Å². The number of carboxylic acid groups (broad SMARTS) is 1. The van der Waals surface area contributed by atoms with Gasteiger partial charge in [0.1, 0.15) is 0 Å². The summed E-state index contributed by atoms with van der Waals surface area (Å²) in [7, 11) is 0. The summed E-state index contributed by atoms with van der Waals surface area (Å²) < 4.78 is 80.5. The molecule has 0 saturated carbocycles. The molecular formula is C4H2F7NaO2. The summed E-state index contributed by atoms with van der Waals surface area (Å²) in [5, 5.41) is 7.41. The number of hydrogen-bond acceptors (Lipinski definition) is 1. The minimum absolute atomic E-state index is 0. The molecule has 0 aliphatic rings. The van der Waals surface area contributed by atoms with Gasteiger partial charge in [0.2, 0.25) is 0 Å². The number of alkyl halides is 7. The Bertz CT molecular complexity index is 222. The monoisotopic (exact) mass is 238 g/mol. The topological polar surface area (TPSA) is 37.3 Å². The van der Waals surface area contributed by atoms with Gasteiger partial charge in [0.25, 0.3) is 0 Å². The standard InChI is InChI=1S/C4HF7O2.Na.H/c5-2(6,1(12)13)3(7,8)4(9,10)11;;/h(H,12,13);;. The molecule has 0 atom stereocenters. The molecule has 2 nitrogen and oxygen atoms in total. The van der Waals surface area contributed by atoms with E-state index >= 15 is 0 Å². The second-order valence-corrected chi connectivity index (χ2v) is 1.95. The van der Waals surface area contributed by atoms with Crippen LogP contribution in [-0.4, -0.2) is 58.7 Å². The third kappa shape index (κ3) is 2.51. The molecule has 0 bridgehead atoms. The second kappa shape index (κ2) is 4.23. The van der Waals surface area contributed by atoms with Crippen LogP contribution in [0.5, 0.6) is 0 Å². The second-order valence-electron chi connectivity index (χ2n) is 1.95. The Morgan fingerprint density at radius 3 is 1.29 bits per heavy atom. The molecular weight excluding hydrogens is 236 g/mol. The Morgan fingerprint density at radius 2 is 1.21 bits per heavy atom. The first-order chi connectivity index (χ1) is 5.44. The molecule has 80 valence electrons. The number of hydrogen-bond donors (Lipinski definition) is 1. The molecule has 0 heterocycles. The molecule has 0 amide bonds. The maximum absolute atomic E-state index is 11.8. The van der Waals surface area contributed by atoms with E-state index < -0.39 is 24.0 Å². The van der Waals surface area contributed by atoms with Crippen molar-refractivity contribution < 1.29 is 40.6 Å². The predicted molar refractivity (Wildman–Crippen MR) is 30.7 cm³/mol. The molecule has 0 spiro atoms. The van der Waals surface area contributed by atoms with Gasteiger partial charge < -0.3 is 5.11 Å². The SMILES string of the molecule is O=C(O)C(F)(F)C(F)(F)C(F)(F)F.[NaH]. The quantitative estimate of drug-likeness (QED) is 0.580. The van der Waals surface area contributed by atoms with E-state index in [4.69, 9.17) is 5.11 Å². The summed E-state index contributed by atoms with van der Waals surface area (Å²) in [4.78, 5) is 9.38. The van der Waals surface area contributed by atoms with E-state index in [-0.39, 0.29) is 29.6 Å². The Labute approximate surface area is 94.4 Å². The van der Waals surface area contributed by atoms with E-state index in [1.165, 1.54) is 0 Å². The summed E-state index contributed by atoms with van der Waals surface area (Å²) in [5.41, 5.74) is 0. The summed E-state index contributed by atoms with van der Waals surface area (Å²) >= 11 is 0. The summed E-state index contributed by atoms with van der Waals surface area (Å²) in [6, 6.07) is 0. The van der Waals surface area contributed by atoms with Crippen molar-refractivity contribution in [2.75, 3.05) is 0 Å². The van der Waals surface area contributed by atoms with Gasteiger partial charge in [-0.05, 0) is 0 Å². The maximum atomic E-state index is 11.8. The first-order valence-electron chi connectivity index (χ1n) is 2.50. The van der Waals surface area contributed by atoms with Gasteiger partial charge in [0.05, 0.1) is 0 Å². The zero-order valence-corrected chi connectivity index (χ0v) is 5.50. The van der Waals surface area contributed by atoms with Crippen LogP contribution >= 0.6 is 0 Å². The fourth-order valence-electron chi connectivity index (χ4n) is 0.312. The van der Waals surface area contributed by atoms with Crippen LogP contribution in [0.15, 0.2) is 0 Å². The number of carboxylic acids is 1. The first kappa shape index (κ1) is 16.4. The fraction of sp³-hybridized carbons (Fsp3) is 0.750. The van der Waals surface area contributed by atoms with Gasteiger partial charge in [-0.25, -0.2) is 4.79 Å². The van der Waals surface area contributed by atoms with Crippen LogP contribution in [0, 0.1) is 0 Å². The van der Waals surface area contributed by atoms with E-state index in [9.17, 15) is 35.5 Å². The van der Waals surface area contributed by atoms with Gasteiger partial charge in [-0.2, -0.15) is 30.7 Å². The molecule has 0 aromatic carbocycles. The van der Waals surface area contributed by atoms with E-state index in [0.717, 1.165) is 0 Å². The minimum atomic E-state index is -6.60. The molecule has 0 fully saturated rings. The molecule has 0 unspecified atom stereocenters. The number of aliphatic carboxylic acids is 1. The predicted octanol–water partition coefficient (Wildman–Crippen LogP) is 1.26. The van der Waals surface area contributed by atoms with Gasteiger partial charge in [-0.15, -0.1) is 0 Å². The molecule has 0 aliphatic carbocycles. The molecule has 0 aliphatic heterocycles. The molecule has 14 heavy (non-hydrogen) atoms. The normalized spacial score (nSPS) is 13.4. The molecule has 1 N–H and O–H groups in total. The Hall–Kier alpha value is -0.0200. The Morgan fingerprint density at radius 1 is 0.929 bits per heavy atom. The van der Waals surface area contributed by atoms with Crippen LogP contribution in [0.25, 0.3) is 0 Å². The van der Waals surface area contributed by atoms with Crippen molar-refractivity contribution in [1.82, 2.24) is 0 Å². The zero-order valence-electron chi connectivity index (χ0n) is 5.50. The van der Waals surface area contributed by atoms with Gasteiger partial charge in [0, 0.05) is 0 Å². The van der Waals surface area contributed by atoms with Crippen LogP contribution in [0.3, 0.4) is 0 Å². The Kier molecular flexibility index (Phi) is 4.96. The van der Waals surface area contributed by atoms with Crippen LogP contribution in [0.2, 0.25) is 0 Å². The van der Waals surface area contributed by atoms with E-state index in [2.05, 4.69) is 0 Å². The molecule has 0 aromatic rings. The van der Waals surface area contributed by atoms with Crippen molar-refractivity contribution in [2.24, 2.45) is 0 Å². The van der Waals surface area contributed by atoms with Crippen LogP contribution in [-0.2, 0) is 4.79 Å². The van der Waals surface area contributed by atoms with Crippen molar-refractivity contribution in [1.29, 1.82) is 0 Å². The molecule has 0 saturated heterocycles. The number of halogens is 7. The van der Waals surface area contributed by atoms with E-state index in [1.807, 2.05) is 0 Å². The van der Waals surface area contributed by atoms with E-state index in [1.54, 1.807) is 0 Å². The van der Waals surface area contributed by atoms with Crippen molar-refractivity contribution >= 4 is 35.5 Å². The fourth-order valence-corrected chi connectivity index (χ4v) is 0.312. The van der Waals surface area contributed by atoms with Crippen molar-refractivity contribution in [2.45, 2.75) is 18.0 Å². The third-order valence-corrected chi connectivity index (χ3v) is 1.02. The summed E-state index contributed by atoms with van der Waals surface area (Å²) in [5.74, 6) is -16.3. The van der Waals surface area contributed by atoms with Crippen molar-refractivity contribution in [3.63, 3.8) is 0 Å². The summed E-state index contributed by atoms with van der Waals surface area (Å²) in [6.07, 6.45) is -6.60. The van der Waals surface area contributed by atoms with Gasteiger partial charge in [-0.1, -0.05) is 0 Å². The average Bonchev–Trinajstić information content (AvgIpc) is 1.84. The molecule has 0 aromatic heterocycles. The molecule has 0 rings (SSSR count). The van der Waals surface area contributed by atoms with Gasteiger partial charge in [-0.3, -0.25) is 0 Å².